The van der Waals surface area contributed by atoms with Crippen molar-refractivity contribution in [3.05, 3.63) is 0 Å². The largest absolute Gasteiger partial charge is 0.366 e. The average molecular weight is 297 g/mol. The van der Waals surface area contributed by atoms with Gasteiger partial charge in [0.25, 0.3) is 0 Å². The molecule has 0 aliphatic heterocycles. The first-order valence-corrected chi connectivity index (χ1v) is 2.92. The van der Waals surface area contributed by atoms with Gasteiger partial charge >= 0.3 is 0 Å². The summed E-state index contributed by atoms with van der Waals surface area (Å²) < 4.78 is 4.93. The van der Waals surface area contributed by atoms with E-state index in [4.69, 9.17) is 9.84 Å². The molecule has 0 heterocycles. The summed E-state index contributed by atoms with van der Waals surface area (Å²) in [4.78, 5) is 0. The van der Waals surface area contributed by atoms with Crippen LogP contribution >= 0.6 is 0 Å². The van der Waals surface area contributed by atoms with Gasteiger partial charge in [-0.15, -0.1) is 0 Å². The minimum absolute atomic E-state index is 0. The fraction of sp³-hybridized carbons (Fsp3) is 1.00. The van der Waals surface area contributed by atoms with Gasteiger partial charge in [-0.2, -0.15) is 0 Å². The van der Waals surface area contributed by atoms with E-state index in [0.29, 0.717) is 6.61 Å². The van der Waals surface area contributed by atoms with E-state index in [1.54, 1.807) is 13.8 Å². The maximum atomic E-state index is 8.93. The van der Waals surface area contributed by atoms with Crippen LogP contribution in [0.15, 0.2) is 0 Å². The fourth-order valence-corrected chi connectivity index (χ4v) is 0.352. The van der Waals surface area contributed by atoms with Crippen LogP contribution < -0.4 is 0 Å². The predicted molar refractivity (Wildman–Crippen MR) is 32.5 cm³/mol. The van der Waals surface area contributed by atoms with Crippen LogP contribution in [0.1, 0.15) is 27.2 Å². The van der Waals surface area contributed by atoms with Gasteiger partial charge in [0.2, 0.25) is 0 Å². The number of aliphatic hydroxyl groups is 1. The van der Waals surface area contributed by atoms with E-state index in [1.807, 2.05) is 6.92 Å². The van der Waals surface area contributed by atoms with Crippen LogP contribution in [-0.2, 0) is 30.6 Å². The third kappa shape index (κ3) is 12.1. The van der Waals surface area contributed by atoms with Gasteiger partial charge in [0.05, 0.1) is 0 Å². The molecule has 0 rings (SSSR count). The Morgan fingerprint density at radius 1 is 1.44 bits per heavy atom. The number of rotatable bonds is 3. The van der Waals surface area contributed by atoms with Crippen LogP contribution in [0.5, 0.6) is 0 Å². The number of hydrogen-bond donors (Lipinski definition) is 1. The van der Waals surface area contributed by atoms with Gasteiger partial charge in [0.1, 0.15) is 0 Å². The van der Waals surface area contributed by atoms with Crippen LogP contribution in [0.2, 0.25) is 0 Å². The Morgan fingerprint density at radius 2 is 1.89 bits per heavy atom. The molecule has 3 heteroatoms. The topological polar surface area (TPSA) is 29.5 Å². The zero-order valence-corrected chi connectivity index (χ0v) is 9.86. The van der Waals surface area contributed by atoms with Crippen LogP contribution in [0.25, 0.3) is 0 Å². The van der Waals surface area contributed by atoms with Gasteiger partial charge in [0, 0.05) is 32.5 Å². The molecule has 54 valence electrons. The molecule has 0 aliphatic carbocycles. The third-order valence-corrected chi connectivity index (χ3v) is 0.659. The van der Waals surface area contributed by atoms with Crippen molar-refractivity contribution in [3.63, 3.8) is 0 Å². The quantitative estimate of drug-likeness (QED) is 0.625. The van der Waals surface area contributed by atoms with Crippen molar-refractivity contribution in [1.82, 2.24) is 0 Å². The third-order valence-electron chi connectivity index (χ3n) is 0.659. The van der Waals surface area contributed by atoms with E-state index < -0.39 is 5.79 Å². The van der Waals surface area contributed by atoms with Crippen molar-refractivity contribution in [3.8, 4) is 0 Å². The molecule has 2 nitrogen and oxygen atoms in total. The van der Waals surface area contributed by atoms with E-state index in [-0.39, 0.29) is 25.8 Å². The molecule has 0 spiro atoms. The van der Waals surface area contributed by atoms with Crippen LogP contribution in [0, 0.1) is 0 Å². The van der Waals surface area contributed by atoms with Crippen LogP contribution in [0.3, 0.4) is 0 Å². The summed E-state index contributed by atoms with van der Waals surface area (Å²) in [6.07, 6.45) is 0.948. The van der Waals surface area contributed by atoms with Gasteiger partial charge in [-0.1, -0.05) is 6.92 Å². The SMILES string of the molecule is CCCOC(C)(C)O.[Hf]. The molecule has 1 N–H and O–H groups in total. The molecule has 0 aliphatic rings. The minimum atomic E-state index is -0.948. The van der Waals surface area contributed by atoms with Gasteiger partial charge in [-0.3, -0.25) is 0 Å². The summed E-state index contributed by atoms with van der Waals surface area (Å²) in [5.74, 6) is -0.948. The molecule has 0 radical (unpaired) electrons. The monoisotopic (exact) mass is 298 g/mol. The molecular formula is C6H14HfO2. The molecule has 0 amide bonds. The van der Waals surface area contributed by atoms with Crippen molar-refractivity contribution in [2.45, 2.75) is 33.0 Å². The second kappa shape index (κ2) is 5.57. The molecule has 0 atom stereocenters. The zero-order valence-electron chi connectivity index (χ0n) is 6.27. The molecule has 9 heavy (non-hydrogen) atoms. The van der Waals surface area contributed by atoms with Gasteiger partial charge in [0.15, 0.2) is 5.79 Å². The smallest absolute Gasteiger partial charge is 0.159 e. The Morgan fingerprint density at radius 3 is 2.00 bits per heavy atom. The summed E-state index contributed by atoms with van der Waals surface area (Å²) in [7, 11) is 0. The Balaban J connectivity index is 0. The Kier molecular flexibility index (Phi) is 7.71. The van der Waals surface area contributed by atoms with E-state index in [9.17, 15) is 0 Å². The van der Waals surface area contributed by atoms with Crippen molar-refractivity contribution >= 4 is 0 Å². The number of ether oxygens (including phenoxy) is 1. The van der Waals surface area contributed by atoms with E-state index >= 15 is 0 Å². The summed E-state index contributed by atoms with van der Waals surface area (Å²) in [6.45, 7) is 5.89. The first kappa shape index (κ1) is 12.5. The first-order valence-electron chi connectivity index (χ1n) is 2.92. The summed E-state index contributed by atoms with van der Waals surface area (Å²) in [6, 6.07) is 0. The minimum Gasteiger partial charge on any atom is -0.366 e. The van der Waals surface area contributed by atoms with Crippen molar-refractivity contribution in [2.75, 3.05) is 6.61 Å². The molecule has 0 saturated heterocycles. The van der Waals surface area contributed by atoms with E-state index in [2.05, 4.69) is 0 Å². The molecular weight excluding hydrogens is 283 g/mol. The standard InChI is InChI=1S/C6H14O2.Hf/c1-4-5-8-6(2,3)7;/h7H,4-5H2,1-3H3;. The van der Waals surface area contributed by atoms with E-state index in [0.717, 1.165) is 6.42 Å². The summed E-state index contributed by atoms with van der Waals surface area (Å²) in [5.41, 5.74) is 0. The normalized spacial score (nSPS) is 10.7. The van der Waals surface area contributed by atoms with Crippen LogP contribution in [-0.4, -0.2) is 17.5 Å². The molecule has 0 aromatic rings. The Hall–Kier alpha value is 0.790. The molecule has 0 saturated carbocycles. The second-order valence-electron chi connectivity index (χ2n) is 2.30. The van der Waals surface area contributed by atoms with E-state index in [1.165, 1.54) is 0 Å². The second-order valence-corrected chi connectivity index (χ2v) is 2.30. The Labute approximate surface area is 75.4 Å². The van der Waals surface area contributed by atoms with Gasteiger partial charge in [-0.25, -0.2) is 0 Å². The maximum absolute atomic E-state index is 8.93. The van der Waals surface area contributed by atoms with Crippen molar-refractivity contribution in [2.24, 2.45) is 0 Å². The van der Waals surface area contributed by atoms with Crippen molar-refractivity contribution in [1.29, 1.82) is 0 Å². The van der Waals surface area contributed by atoms with Crippen molar-refractivity contribution < 1.29 is 35.7 Å². The summed E-state index contributed by atoms with van der Waals surface area (Å²) >= 11 is 0. The molecule has 0 bridgehead atoms. The fourth-order valence-electron chi connectivity index (χ4n) is 0.352. The van der Waals surface area contributed by atoms with Crippen LogP contribution in [0.4, 0.5) is 0 Å². The molecule has 0 aromatic heterocycles. The molecule has 0 fully saturated rings. The molecule has 0 aromatic carbocycles. The maximum Gasteiger partial charge on any atom is 0.159 e. The van der Waals surface area contributed by atoms with Gasteiger partial charge in [-0.05, 0) is 20.3 Å². The number of hydrogen-bond acceptors (Lipinski definition) is 2. The first-order chi connectivity index (χ1) is 3.56. The predicted octanol–water partition coefficient (Wildman–Crippen LogP) is 1.14. The van der Waals surface area contributed by atoms with Gasteiger partial charge < -0.3 is 9.84 Å². The molecule has 0 unspecified atom stereocenters. The summed E-state index contributed by atoms with van der Waals surface area (Å²) in [5, 5.41) is 8.93. The Bertz CT molecular complexity index is 58.6. The zero-order chi connectivity index (χ0) is 6.62. The average Bonchev–Trinajstić information content (AvgIpc) is 1.59.